The fourth-order valence-corrected chi connectivity index (χ4v) is 4.06. The van der Waals surface area contributed by atoms with E-state index in [4.69, 9.17) is 14.2 Å². The smallest absolute Gasteiger partial charge is 0.338 e. The predicted molar refractivity (Wildman–Crippen MR) is 97.3 cm³/mol. The van der Waals surface area contributed by atoms with E-state index in [2.05, 4.69) is 13.8 Å². The number of halogens is 3. The lowest BCUT2D eigenvalue weighted by Crippen LogP contribution is -2.53. The van der Waals surface area contributed by atoms with Gasteiger partial charge in [-0.2, -0.15) is 0 Å². The zero-order valence-electron chi connectivity index (χ0n) is 16.7. The molecule has 0 spiro atoms. The number of hydrogen-bond donors (Lipinski definition) is 1. The molecule has 2 aliphatic rings. The fraction of sp³-hybridized carbons (Fsp3) is 0.667. The molecule has 0 bridgehead atoms. The van der Waals surface area contributed by atoms with Crippen LogP contribution in [-0.2, 0) is 14.2 Å². The van der Waals surface area contributed by atoms with E-state index in [-0.39, 0.29) is 16.9 Å². The summed E-state index contributed by atoms with van der Waals surface area (Å²) < 4.78 is 56.3. The van der Waals surface area contributed by atoms with Crippen molar-refractivity contribution in [3.05, 3.63) is 35.1 Å². The van der Waals surface area contributed by atoms with Gasteiger partial charge in [-0.1, -0.05) is 20.3 Å². The van der Waals surface area contributed by atoms with Gasteiger partial charge in [0.05, 0.1) is 18.8 Å². The van der Waals surface area contributed by atoms with Crippen molar-refractivity contribution in [2.24, 2.45) is 11.3 Å². The number of carbonyl (C=O) groups is 1. The zero-order chi connectivity index (χ0) is 21.2. The Bertz CT molecular complexity index is 715. The first-order valence-corrected chi connectivity index (χ1v) is 10.0. The van der Waals surface area contributed by atoms with Crippen molar-refractivity contribution in [3.63, 3.8) is 0 Å². The summed E-state index contributed by atoms with van der Waals surface area (Å²) in [5, 5.41) is 10.8. The van der Waals surface area contributed by atoms with E-state index >= 15 is 0 Å². The van der Waals surface area contributed by atoms with Crippen LogP contribution >= 0.6 is 0 Å². The molecule has 29 heavy (non-hydrogen) atoms. The number of hydrogen-bond acceptors (Lipinski definition) is 5. The van der Waals surface area contributed by atoms with Crippen molar-refractivity contribution in [1.82, 2.24) is 0 Å². The van der Waals surface area contributed by atoms with Crippen molar-refractivity contribution in [2.45, 2.75) is 64.4 Å². The van der Waals surface area contributed by atoms with Gasteiger partial charge in [0, 0.05) is 11.3 Å². The molecule has 1 aliphatic carbocycles. The van der Waals surface area contributed by atoms with Gasteiger partial charge in [-0.3, -0.25) is 0 Å². The molecule has 1 saturated carbocycles. The van der Waals surface area contributed by atoms with Crippen molar-refractivity contribution >= 4 is 5.97 Å². The molecule has 1 aromatic carbocycles. The molecule has 1 aliphatic heterocycles. The summed E-state index contributed by atoms with van der Waals surface area (Å²) in [6.07, 6.45) is 3.38. The highest BCUT2D eigenvalue weighted by atomic mass is 19.2. The third-order valence-corrected chi connectivity index (χ3v) is 5.79. The van der Waals surface area contributed by atoms with E-state index < -0.39 is 35.5 Å². The molecule has 0 aromatic heterocycles. The van der Waals surface area contributed by atoms with Crippen molar-refractivity contribution in [3.8, 4) is 0 Å². The molecule has 5 nitrogen and oxygen atoms in total. The Morgan fingerprint density at radius 2 is 1.69 bits per heavy atom. The van der Waals surface area contributed by atoms with Crippen molar-refractivity contribution < 1.29 is 37.3 Å². The van der Waals surface area contributed by atoms with Gasteiger partial charge in [0.25, 0.3) is 5.97 Å². The average Bonchev–Trinajstić information content (AvgIpc) is 2.69. The lowest BCUT2D eigenvalue weighted by atomic mass is 9.83. The summed E-state index contributed by atoms with van der Waals surface area (Å²) in [4.78, 5) is 12.1. The zero-order valence-corrected chi connectivity index (χ0v) is 16.7. The van der Waals surface area contributed by atoms with E-state index in [0.29, 0.717) is 51.0 Å². The first-order valence-electron chi connectivity index (χ1n) is 10.0. The molecule has 1 aromatic rings. The number of benzene rings is 1. The molecule has 162 valence electrons. The quantitative estimate of drug-likeness (QED) is 0.572. The maximum absolute atomic E-state index is 13.3. The van der Waals surface area contributed by atoms with Gasteiger partial charge in [-0.25, -0.2) is 18.0 Å². The van der Waals surface area contributed by atoms with Gasteiger partial charge in [0.15, 0.2) is 17.5 Å². The predicted octanol–water partition coefficient (Wildman–Crippen LogP) is 4.32. The van der Waals surface area contributed by atoms with E-state index in [1.807, 2.05) is 0 Å². The SMILES string of the molecule is CCCC1(C)COC(O)(C2CCC(OC(=O)c3cc(F)c(F)c(F)c3)CC2)OC1. The van der Waals surface area contributed by atoms with Gasteiger partial charge in [-0.15, -0.1) is 0 Å². The second kappa shape index (κ2) is 8.62. The highest BCUT2D eigenvalue weighted by Crippen LogP contribution is 2.41. The van der Waals surface area contributed by atoms with Crippen LogP contribution in [0.5, 0.6) is 0 Å². The molecular weight excluding hydrogens is 389 g/mol. The van der Waals surface area contributed by atoms with E-state index in [1.165, 1.54) is 0 Å². The Hall–Kier alpha value is -1.64. The lowest BCUT2D eigenvalue weighted by Gasteiger charge is -2.46. The van der Waals surface area contributed by atoms with Crippen LogP contribution in [0.15, 0.2) is 12.1 Å². The van der Waals surface area contributed by atoms with Gasteiger partial charge in [0.2, 0.25) is 0 Å². The molecule has 1 heterocycles. The summed E-state index contributed by atoms with van der Waals surface area (Å²) in [5.41, 5.74) is -0.496. The highest BCUT2D eigenvalue weighted by Gasteiger charge is 2.47. The van der Waals surface area contributed by atoms with Crippen LogP contribution < -0.4 is 0 Å². The average molecular weight is 416 g/mol. The molecule has 8 heteroatoms. The number of ether oxygens (including phenoxy) is 3. The minimum atomic E-state index is -1.65. The molecule has 3 rings (SSSR count). The Morgan fingerprint density at radius 1 is 1.14 bits per heavy atom. The topological polar surface area (TPSA) is 65.0 Å². The first kappa shape index (κ1) is 22.1. The van der Waals surface area contributed by atoms with Crippen molar-refractivity contribution in [1.29, 1.82) is 0 Å². The largest absolute Gasteiger partial charge is 0.459 e. The van der Waals surface area contributed by atoms with E-state index in [1.54, 1.807) is 0 Å². The van der Waals surface area contributed by atoms with Crippen LogP contribution in [0.4, 0.5) is 13.2 Å². The van der Waals surface area contributed by atoms with Crippen LogP contribution in [0.25, 0.3) is 0 Å². The van der Waals surface area contributed by atoms with Crippen LogP contribution in [0.3, 0.4) is 0 Å². The fourth-order valence-electron chi connectivity index (χ4n) is 4.06. The minimum absolute atomic E-state index is 0.118. The van der Waals surface area contributed by atoms with Crippen LogP contribution in [-0.4, -0.2) is 36.4 Å². The first-order chi connectivity index (χ1) is 13.7. The summed E-state index contributed by atoms with van der Waals surface area (Å²) in [5.74, 6) is -7.33. The standard InChI is InChI=1S/C21H27F3O5/c1-3-8-20(2)11-27-21(26,28-12-20)14-4-6-15(7-5-14)29-19(25)13-9-16(22)18(24)17(23)10-13/h9-10,14-15,26H,3-8,11-12H2,1-2H3. The third-order valence-electron chi connectivity index (χ3n) is 5.79. The van der Waals surface area contributed by atoms with Crippen molar-refractivity contribution in [2.75, 3.05) is 13.2 Å². The Kier molecular flexibility index (Phi) is 6.55. The molecule has 0 atom stereocenters. The molecule has 0 unspecified atom stereocenters. The highest BCUT2D eigenvalue weighted by molar-refractivity contribution is 5.89. The molecule has 1 N–H and O–H groups in total. The Morgan fingerprint density at radius 3 is 2.21 bits per heavy atom. The summed E-state index contributed by atoms with van der Waals surface area (Å²) >= 11 is 0. The van der Waals surface area contributed by atoms with Gasteiger partial charge in [-0.05, 0) is 44.2 Å². The van der Waals surface area contributed by atoms with Gasteiger partial charge < -0.3 is 19.3 Å². The maximum atomic E-state index is 13.3. The van der Waals surface area contributed by atoms with Crippen LogP contribution in [0.2, 0.25) is 0 Å². The number of carbonyl (C=O) groups excluding carboxylic acids is 1. The lowest BCUT2D eigenvalue weighted by molar-refractivity contribution is -0.427. The summed E-state index contributed by atoms with van der Waals surface area (Å²) in [7, 11) is 0. The number of esters is 1. The third kappa shape index (κ3) is 4.92. The monoisotopic (exact) mass is 416 g/mol. The normalized spacial score (nSPS) is 32.8. The second-order valence-electron chi connectivity index (χ2n) is 8.40. The Balaban J connectivity index is 1.52. The molecule has 0 amide bonds. The number of rotatable bonds is 5. The minimum Gasteiger partial charge on any atom is -0.459 e. The summed E-state index contributed by atoms with van der Waals surface area (Å²) in [6.45, 7) is 4.97. The molecule has 2 fully saturated rings. The van der Waals surface area contributed by atoms with Crippen LogP contribution in [0.1, 0.15) is 62.7 Å². The van der Waals surface area contributed by atoms with Gasteiger partial charge in [0.1, 0.15) is 6.10 Å². The van der Waals surface area contributed by atoms with Gasteiger partial charge >= 0.3 is 5.97 Å². The van der Waals surface area contributed by atoms with E-state index in [0.717, 1.165) is 12.8 Å². The second-order valence-corrected chi connectivity index (χ2v) is 8.40. The molecular formula is C21H27F3O5. The van der Waals surface area contributed by atoms with Crippen LogP contribution in [0, 0.1) is 28.8 Å². The molecule has 1 saturated heterocycles. The number of aliphatic hydroxyl groups is 1. The Labute approximate surface area is 168 Å². The summed E-state index contributed by atoms with van der Waals surface area (Å²) in [6, 6.07) is 1.23. The maximum Gasteiger partial charge on any atom is 0.338 e. The molecule has 0 radical (unpaired) electrons. The van der Waals surface area contributed by atoms with E-state index in [9.17, 15) is 23.1 Å².